The largest absolute Gasteiger partial charge is 0.134 e. The van der Waals surface area contributed by atoms with Crippen molar-refractivity contribution in [2.24, 2.45) is 0 Å². The maximum Gasteiger partial charge on any atom is 0.0445 e. The molecule has 0 spiro atoms. The van der Waals surface area contributed by atoms with Crippen LogP contribution in [-0.2, 0) is 0 Å². The van der Waals surface area contributed by atoms with Gasteiger partial charge in [0.25, 0.3) is 0 Å². The molecule has 3 aromatic rings. The van der Waals surface area contributed by atoms with E-state index in [-0.39, 0.29) is 0 Å². The molecule has 1 unspecified atom stereocenters. The highest BCUT2D eigenvalue weighted by atomic mass is 127. The minimum Gasteiger partial charge on any atom is -0.134 e. The second-order valence-corrected chi connectivity index (χ2v) is 7.49. The van der Waals surface area contributed by atoms with Crippen molar-refractivity contribution in [2.45, 2.75) is 12.3 Å². The Bertz CT molecular complexity index is 890. The van der Waals surface area contributed by atoms with Crippen LogP contribution in [0.15, 0.2) is 54.6 Å². The minimum atomic E-state index is 0.508. The van der Waals surface area contributed by atoms with Crippen LogP contribution in [-0.4, -0.2) is 0 Å². The van der Waals surface area contributed by atoms with Gasteiger partial charge in [-0.05, 0) is 45.9 Å². The maximum absolute atomic E-state index is 2.53. The van der Waals surface area contributed by atoms with Gasteiger partial charge in [0.2, 0.25) is 0 Å². The molecule has 0 saturated heterocycles. The second-order valence-electron chi connectivity index (χ2n) is 5.13. The van der Waals surface area contributed by atoms with Gasteiger partial charge in [-0.3, -0.25) is 0 Å². The topological polar surface area (TPSA) is 0 Å². The Kier molecular flexibility index (Phi) is 3.15. The fraction of sp³-hybridized carbons (Fsp3) is 0.111. The fourth-order valence-electron chi connectivity index (χ4n) is 2.89. The van der Waals surface area contributed by atoms with E-state index in [2.05, 4.69) is 83.3 Å². The lowest BCUT2D eigenvalue weighted by molar-refractivity contribution is 0.923. The van der Waals surface area contributed by atoms with E-state index in [1.54, 1.807) is 0 Å². The summed E-state index contributed by atoms with van der Waals surface area (Å²) < 4.78 is 4.37. The van der Waals surface area contributed by atoms with Gasteiger partial charge in [0.05, 0.1) is 0 Å². The highest BCUT2D eigenvalue weighted by Gasteiger charge is 2.17. The Balaban J connectivity index is 2.00. The summed E-state index contributed by atoms with van der Waals surface area (Å²) in [6, 6.07) is 19.6. The molecule has 2 aromatic carbocycles. The van der Waals surface area contributed by atoms with Crippen molar-refractivity contribution in [3.8, 4) is 0 Å². The van der Waals surface area contributed by atoms with Crippen molar-refractivity contribution in [3.63, 3.8) is 0 Å². The summed E-state index contributed by atoms with van der Waals surface area (Å²) in [7, 11) is 0. The average Bonchev–Trinajstić information content (AvgIpc) is 2.88. The predicted molar refractivity (Wildman–Crippen MR) is 96.8 cm³/mol. The van der Waals surface area contributed by atoms with Gasteiger partial charge in [-0.1, -0.05) is 54.6 Å². The fourth-order valence-corrected chi connectivity index (χ4v) is 5.12. The van der Waals surface area contributed by atoms with Crippen LogP contribution < -0.4 is 9.75 Å². The van der Waals surface area contributed by atoms with Gasteiger partial charge in [0.1, 0.15) is 0 Å². The molecule has 0 N–H and O–H groups in total. The first-order valence-electron chi connectivity index (χ1n) is 6.76. The molecule has 1 aliphatic carbocycles. The summed E-state index contributed by atoms with van der Waals surface area (Å²) in [4.78, 5) is 0. The smallest absolute Gasteiger partial charge is 0.0445 e. The molecule has 0 fully saturated rings. The first-order valence-corrected chi connectivity index (χ1v) is 8.65. The van der Waals surface area contributed by atoms with E-state index in [0.29, 0.717) is 5.92 Å². The predicted octanol–water partition coefficient (Wildman–Crippen LogP) is 4.41. The first-order chi connectivity index (χ1) is 9.83. The highest BCUT2D eigenvalue weighted by molar-refractivity contribution is 14.1. The Hall–Kier alpha value is -1.13. The van der Waals surface area contributed by atoms with Crippen molar-refractivity contribution < 1.29 is 0 Å². The van der Waals surface area contributed by atoms with Gasteiger partial charge in [0.15, 0.2) is 0 Å². The lowest BCUT2D eigenvalue weighted by Gasteiger charge is -2.15. The van der Waals surface area contributed by atoms with E-state index < -0.39 is 0 Å². The van der Waals surface area contributed by atoms with Crippen LogP contribution in [0.25, 0.3) is 19.7 Å². The Morgan fingerprint density at radius 3 is 2.55 bits per heavy atom. The molecule has 0 amide bonds. The first kappa shape index (κ1) is 12.6. The van der Waals surface area contributed by atoms with E-state index >= 15 is 0 Å². The second kappa shape index (κ2) is 5.01. The molecule has 4 rings (SSSR count). The van der Waals surface area contributed by atoms with Crippen molar-refractivity contribution in [2.75, 3.05) is 0 Å². The molecular formula is C18H13IS. The molecule has 0 aliphatic heterocycles. The van der Waals surface area contributed by atoms with Crippen LogP contribution in [0.2, 0.25) is 0 Å². The molecule has 0 radical (unpaired) electrons. The van der Waals surface area contributed by atoms with Crippen LogP contribution in [0.4, 0.5) is 0 Å². The molecule has 0 nitrogen and oxygen atoms in total. The van der Waals surface area contributed by atoms with Crippen LogP contribution in [0.5, 0.6) is 0 Å². The van der Waals surface area contributed by atoms with Crippen LogP contribution in [0.3, 0.4) is 0 Å². The molecular weight excluding hydrogens is 375 g/mol. The quantitative estimate of drug-likeness (QED) is 0.542. The number of hydrogen-bond acceptors (Lipinski definition) is 1. The van der Waals surface area contributed by atoms with Crippen LogP contribution >= 0.6 is 33.9 Å². The monoisotopic (exact) mass is 388 g/mol. The number of hydrogen-bond donors (Lipinski definition) is 0. The van der Waals surface area contributed by atoms with Gasteiger partial charge >= 0.3 is 0 Å². The van der Waals surface area contributed by atoms with Crippen molar-refractivity contribution >= 4 is 53.7 Å². The van der Waals surface area contributed by atoms with Gasteiger partial charge in [0, 0.05) is 24.1 Å². The molecule has 0 bridgehead atoms. The number of rotatable bonds is 1. The van der Waals surface area contributed by atoms with E-state index in [0.717, 1.165) is 6.42 Å². The summed E-state index contributed by atoms with van der Waals surface area (Å²) in [5.74, 6) is 0.508. The molecule has 1 heterocycles. The van der Waals surface area contributed by atoms with Crippen molar-refractivity contribution in [1.82, 2.24) is 0 Å². The summed E-state index contributed by atoms with van der Waals surface area (Å²) in [5.41, 5.74) is 1.42. The minimum absolute atomic E-state index is 0.508. The number of benzene rings is 2. The molecule has 20 heavy (non-hydrogen) atoms. The zero-order valence-corrected chi connectivity index (χ0v) is 13.8. The maximum atomic E-state index is 2.53. The van der Waals surface area contributed by atoms with E-state index in [9.17, 15) is 0 Å². The molecule has 2 heteroatoms. The average molecular weight is 388 g/mol. The van der Waals surface area contributed by atoms with Crippen LogP contribution in [0, 0.1) is 0 Å². The summed E-state index contributed by atoms with van der Waals surface area (Å²) in [6.07, 6.45) is 3.59. The van der Waals surface area contributed by atoms with Gasteiger partial charge in [-0.25, -0.2) is 0 Å². The zero-order chi connectivity index (χ0) is 13.5. The SMILES string of the molecule is IC1=c2sc3ccccc3c2=CC(c2ccccc2)C1. The Labute approximate surface area is 135 Å². The zero-order valence-electron chi connectivity index (χ0n) is 10.8. The van der Waals surface area contributed by atoms with E-state index in [1.807, 2.05) is 11.3 Å². The molecule has 1 aromatic heterocycles. The third-order valence-electron chi connectivity index (χ3n) is 3.87. The standard InChI is InChI=1S/C18H13IS/c19-16-11-13(12-6-2-1-3-7-12)10-15-14-8-4-5-9-17(14)20-18(15)16/h1-10,13H,11H2. The molecule has 1 atom stereocenters. The van der Waals surface area contributed by atoms with Crippen molar-refractivity contribution in [3.05, 3.63) is 69.9 Å². The third-order valence-corrected chi connectivity index (χ3v) is 6.47. The van der Waals surface area contributed by atoms with Crippen LogP contribution in [0.1, 0.15) is 17.9 Å². The third kappa shape index (κ3) is 2.02. The summed E-state index contributed by atoms with van der Waals surface area (Å²) in [5, 5.41) is 2.84. The normalized spacial score (nSPS) is 17.9. The highest BCUT2D eigenvalue weighted by Crippen LogP contribution is 2.31. The van der Waals surface area contributed by atoms with Gasteiger partial charge in [-0.2, -0.15) is 0 Å². The molecule has 0 saturated carbocycles. The summed E-state index contributed by atoms with van der Waals surface area (Å²) in [6.45, 7) is 0. The van der Waals surface area contributed by atoms with E-state index in [1.165, 1.54) is 29.0 Å². The number of thiophene rings is 1. The molecule has 1 aliphatic rings. The lowest BCUT2D eigenvalue weighted by Crippen LogP contribution is -2.25. The Morgan fingerprint density at radius 2 is 1.70 bits per heavy atom. The lowest BCUT2D eigenvalue weighted by atomic mass is 9.92. The van der Waals surface area contributed by atoms with Gasteiger partial charge < -0.3 is 0 Å². The van der Waals surface area contributed by atoms with Crippen molar-refractivity contribution in [1.29, 1.82) is 0 Å². The number of fused-ring (bicyclic) bond motifs is 3. The summed E-state index contributed by atoms with van der Waals surface area (Å²) >= 11 is 4.46. The molecule has 98 valence electrons. The number of halogens is 1. The van der Waals surface area contributed by atoms with Gasteiger partial charge in [-0.15, -0.1) is 11.3 Å². The van der Waals surface area contributed by atoms with E-state index in [4.69, 9.17) is 0 Å². The Morgan fingerprint density at radius 1 is 0.950 bits per heavy atom.